The van der Waals surface area contributed by atoms with E-state index in [0.29, 0.717) is 35.2 Å². The number of nitrogens with zero attached hydrogens (tertiary/aromatic N) is 2. The van der Waals surface area contributed by atoms with Crippen LogP contribution in [-0.2, 0) is 11.2 Å². The second kappa shape index (κ2) is 9.89. The fraction of sp³-hybridized carbons (Fsp3) is 0.258. The van der Waals surface area contributed by atoms with Gasteiger partial charge in [0.05, 0.1) is 11.3 Å². The number of anilines is 1. The van der Waals surface area contributed by atoms with Crippen LogP contribution in [0.5, 0.6) is 0 Å². The zero-order chi connectivity index (χ0) is 27.3. The van der Waals surface area contributed by atoms with Crippen molar-refractivity contribution in [2.75, 3.05) is 11.4 Å². The van der Waals surface area contributed by atoms with E-state index in [1.165, 1.54) is 4.90 Å². The Bertz CT molecular complexity index is 1610. The summed E-state index contributed by atoms with van der Waals surface area (Å²) in [5.41, 5.74) is 4.24. The molecule has 3 aromatic carbocycles. The fourth-order valence-electron chi connectivity index (χ4n) is 5.75. The number of aromatic nitrogens is 1. The number of para-hydroxylation sites is 2. The van der Waals surface area contributed by atoms with Crippen molar-refractivity contribution in [3.8, 4) is 0 Å². The Hall–Kier alpha value is -4.10. The van der Waals surface area contributed by atoms with Gasteiger partial charge in [0.1, 0.15) is 12.1 Å². The number of amides is 4. The van der Waals surface area contributed by atoms with Crippen molar-refractivity contribution in [1.82, 2.24) is 15.2 Å². The van der Waals surface area contributed by atoms with Crippen LogP contribution < -0.4 is 10.2 Å². The van der Waals surface area contributed by atoms with E-state index in [-0.39, 0.29) is 11.8 Å². The van der Waals surface area contributed by atoms with Gasteiger partial charge in [-0.2, -0.15) is 0 Å². The minimum absolute atomic E-state index is 0.294. The number of hydrogen-bond donors (Lipinski definition) is 2. The van der Waals surface area contributed by atoms with Crippen molar-refractivity contribution < 1.29 is 14.4 Å². The Labute approximate surface area is 231 Å². The molecule has 4 aromatic rings. The van der Waals surface area contributed by atoms with Crippen molar-refractivity contribution in [2.45, 2.75) is 38.8 Å². The first kappa shape index (κ1) is 25.2. The normalized spacial score (nSPS) is 18.6. The first-order valence-electron chi connectivity index (χ1n) is 13.2. The molecule has 2 N–H and O–H groups in total. The molecule has 2 aliphatic heterocycles. The smallest absolute Gasteiger partial charge is 0.332 e. The summed E-state index contributed by atoms with van der Waals surface area (Å²) in [6, 6.07) is 20.4. The molecular formula is C31H29ClN4O3. The number of aromatic amines is 1. The number of hydrogen-bond acceptors (Lipinski definition) is 3. The molecule has 0 aliphatic carbocycles. The maximum atomic E-state index is 14.2. The summed E-state index contributed by atoms with van der Waals surface area (Å²) in [7, 11) is 0. The SMILES string of the molecule is CC(C)CCNC(=O)c1ccccc1N1C(=O)[C@@H]2Cc3c([nH]c4ccccc34)[C@@H](c3cccc(Cl)c3)N2C1=O. The maximum absolute atomic E-state index is 14.2. The lowest BCUT2D eigenvalue weighted by atomic mass is 9.89. The number of halogens is 1. The molecule has 1 aromatic heterocycles. The number of carbonyl (C=O) groups is 3. The van der Waals surface area contributed by atoms with Gasteiger partial charge in [-0.1, -0.05) is 67.9 Å². The molecular weight excluding hydrogens is 512 g/mol. The third-order valence-electron chi connectivity index (χ3n) is 7.61. The van der Waals surface area contributed by atoms with Gasteiger partial charge in [0.25, 0.3) is 11.8 Å². The molecule has 7 nitrogen and oxygen atoms in total. The first-order chi connectivity index (χ1) is 18.8. The van der Waals surface area contributed by atoms with Gasteiger partial charge >= 0.3 is 6.03 Å². The van der Waals surface area contributed by atoms with Gasteiger partial charge in [0, 0.05) is 34.6 Å². The van der Waals surface area contributed by atoms with E-state index in [1.54, 1.807) is 35.2 Å². The van der Waals surface area contributed by atoms with Gasteiger partial charge in [0.2, 0.25) is 0 Å². The van der Waals surface area contributed by atoms with E-state index < -0.39 is 18.1 Å². The van der Waals surface area contributed by atoms with E-state index in [1.807, 2.05) is 42.5 Å². The first-order valence-corrected chi connectivity index (χ1v) is 13.6. The number of imide groups is 1. The fourth-order valence-corrected chi connectivity index (χ4v) is 5.95. The van der Waals surface area contributed by atoms with E-state index in [0.717, 1.165) is 34.1 Å². The third-order valence-corrected chi connectivity index (χ3v) is 7.85. The van der Waals surface area contributed by atoms with Gasteiger partial charge in [-0.15, -0.1) is 0 Å². The molecule has 2 atom stereocenters. The third kappa shape index (κ3) is 4.27. The van der Waals surface area contributed by atoms with Crippen molar-refractivity contribution >= 4 is 46.0 Å². The molecule has 4 amide bonds. The van der Waals surface area contributed by atoms with Crippen molar-refractivity contribution in [3.05, 3.63) is 100 Å². The van der Waals surface area contributed by atoms with Gasteiger partial charge in [-0.25, -0.2) is 9.69 Å². The molecule has 2 aliphatic rings. The lowest BCUT2D eigenvalue weighted by molar-refractivity contribution is -0.120. The number of H-pyrrole nitrogens is 1. The molecule has 39 heavy (non-hydrogen) atoms. The summed E-state index contributed by atoms with van der Waals surface area (Å²) in [5, 5.41) is 4.51. The molecule has 0 bridgehead atoms. The molecule has 198 valence electrons. The molecule has 0 saturated carbocycles. The number of benzene rings is 3. The van der Waals surface area contributed by atoms with E-state index in [9.17, 15) is 14.4 Å². The van der Waals surface area contributed by atoms with Crippen LogP contribution in [0.2, 0.25) is 5.02 Å². The van der Waals surface area contributed by atoms with Crippen LogP contribution in [0.1, 0.15) is 53.5 Å². The van der Waals surface area contributed by atoms with Crippen LogP contribution in [0.15, 0.2) is 72.8 Å². The predicted molar refractivity (Wildman–Crippen MR) is 152 cm³/mol. The summed E-state index contributed by atoms with van der Waals surface area (Å²) in [6.07, 6.45) is 1.21. The standard InChI is InChI=1S/C31H29ClN4O3/c1-18(2)14-15-33-29(37)22-11-4-6-13-25(22)36-30(38)26-17-23-21-10-3-5-12-24(21)34-27(23)28(35(26)31(36)39)19-8-7-9-20(32)16-19/h3-13,16,18,26,28,34H,14-15,17H2,1-2H3,(H,33,37)/t26-,28+/m0/s1. The summed E-state index contributed by atoms with van der Waals surface area (Å²) < 4.78 is 0. The maximum Gasteiger partial charge on any atom is 0.332 e. The predicted octanol–water partition coefficient (Wildman–Crippen LogP) is 6.08. The molecule has 0 radical (unpaired) electrons. The molecule has 1 fully saturated rings. The Morgan fingerprint density at radius 1 is 1.05 bits per heavy atom. The highest BCUT2D eigenvalue weighted by atomic mass is 35.5. The van der Waals surface area contributed by atoms with Crippen LogP contribution in [0.25, 0.3) is 10.9 Å². The summed E-state index contributed by atoms with van der Waals surface area (Å²) in [4.78, 5) is 47.7. The Morgan fingerprint density at radius 3 is 2.62 bits per heavy atom. The summed E-state index contributed by atoms with van der Waals surface area (Å²) in [5.74, 6) is -0.209. The highest BCUT2D eigenvalue weighted by molar-refractivity contribution is 6.30. The molecule has 0 spiro atoms. The average Bonchev–Trinajstić information content (AvgIpc) is 3.41. The quantitative estimate of drug-likeness (QED) is 0.291. The van der Waals surface area contributed by atoms with Gasteiger partial charge in [-0.3, -0.25) is 14.5 Å². The van der Waals surface area contributed by atoms with Gasteiger partial charge in [0.15, 0.2) is 0 Å². The molecule has 8 heteroatoms. The Morgan fingerprint density at radius 2 is 1.82 bits per heavy atom. The van der Waals surface area contributed by atoms with Gasteiger partial charge in [-0.05, 0) is 53.8 Å². The van der Waals surface area contributed by atoms with Crippen LogP contribution in [-0.4, -0.2) is 40.3 Å². The average molecular weight is 541 g/mol. The lowest BCUT2D eigenvalue weighted by Gasteiger charge is -2.36. The van der Waals surface area contributed by atoms with Crippen LogP contribution in [0.3, 0.4) is 0 Å². The van der Waals surface area contributed by atoms with Crippen molar-refractivity contribution in [3.63, 3.8) is 0 Å². The molecule has 6 rings (SSSR count). The van der Waals surface area contributed by atoms with E-state index in [2.05, 4.69) is 24.1 Å². The monoisotopic (exact) mass is 540 g/mol. The van der Waals surface area contributed by atoms with Gasteiger partial charge < -0.3 is 10.3 Å². The Balaban J connectivity index is 1.44. The summed E-state index contributed by atoms with van der Waals surface area (Å²) in [6.45, 7) is 4.69. The van der Waals surface area contributed by atoms with Crippen LogP contribution in [0.4, 0.5) is 10.5 Å². The number of rotatable bonds is 6. The number of carbonyl (C=O) groups excluding carboxylic acids is 3. The van der Waals surface area contributed by atoms with Crippen molar-refractivity contribution in [1.29, 1.82) is 0 Å². The Kier molecular flexibility index (Phi) is 6.39. The second-order valence-corrected chi connectivity index (χ2v) is 11.0. The minimum Gasteiger partial charge on any atom is -0.356 e. The zero-order valence-electron chi connectivity index (χ0n) is 21.8. The largest absolute Gasteiger partial charge is 0.356 e. The highest BCUT2D eigenvalue weighted by Crippen LogP contribution is 2.45. The summed E-state index contributed by atoms with van der Waals surface area (Å²) >= 11 is 6.38. The van der Waals surface area contributed by atoms with Crippen molar-refractivity contribution in [2.24, 2.45) is 5.92 Å². The topological polar surface area (TPSA) is 85.5 Å². The molecule has 1 saturated heterocycles. The number of fused-ring (bicyclic) bond motifs is 4. The number of urea groups is 1. The number of nitrogens with one attached hydrogen (secondary N) is 2. The van der Waals surface area contributed by atoms with E-state index in [4.69, 9.17) is 11.6 Å². The molecule has 3 heterocycles. The van der Waals surface area contributed by atoms with E-state index >= 15 is 0 Å². The lowest BCUT2D eigenvalue weighted by Crippen LogP contribution is -2.44. The second-order valence-electron chi connectivity index (χ2n) is 10.6. The molecule has 0 unspecified atom stereocenters. The van der Waals surface area contributed by atoms with Crippen LogP contribution >= 0.6 is 11.6 Å². The highest BCUT2D eigenvalue weighted by Gasteiger charge is 2.53. The van der Waals surface area contributed by atoms with Crippen LogP contribution in [0, 0.1) is 5.92 Å². The zero-order valence-corrected chi connectivity index (χ0v) is 22.5. The minimum atomic E-state index is -0.717.